The predicted octanol–water partition coefficient (Wildman–Crippen LogP) is 2.54. The zero-order chi connectivity index (χ0) is 17.2. The zero-order valence-electron chi connectivity index (χ0n) is 14.3. The minimum absolute atomic E-state index is 0.106. The molecule has 1 atom stereocenters. The molecule has 2 fully saturated rings. The van der Waals surface area contributed by atoms with Crippen molar-refractivity contribution in [2.45, 2.75) is 37.1 Å². The topological polar surface area (TPSA) is 67.4 Å². The third kappa shape index (κ3) is 4.04. The number of morpholine rings is 1. The number of ether oxygens (including phenoxy) is 1. The molecule has 1 aromatic carbocycles. The molecule has 7 heteroatoms. The van der Waals surface area contributed by atoms with Gasteiger partial charge in [0.25, 0.3) is 0 Å². The van der Waals surface area contributed by atoms with E-state index in [1.165, 1.54) is 24.6 Å². The lowest BCUT2D eigenvalue weighted by molar-refractivity contribution is -0.135. The minimum atomic E-state index is 0.106. The maximum absolute atomic E-state index is 12.4. The fraction of sp³-hybridized carbons (Fsp3) is 0.500. The van der Waals surface area contributed by atoms with E-state index in [0.29, 0.717) is 36.6 Å². The summed E-state index contributed by atoms with van der Waals surface area (Å²) in [6, 6.07) is 8.52. The highest BCUT2D eigenvalue weighted by molar-refractivity contribution is 7.99. The maximum atomic E-state index is 12.4. The lowest BCUT2D eigenvalue weighted by Gasteiger charge is -2.31. The SMILES string of the molecule is CC1CN(C(=O)CSc2nc(NC3CC3)c3ccccc3n2)CCO1. The molecule has 1 amide bonds. The van der Waals surface area contributed by atoms with Crippen LogP contribution in [0.15, 0.2) is 29.4 Å². The number of aromatic nitrogens is 2. The summed E-state index contributed by atoms with van der Waals surface area (Å²) in [7, 11) is 0. The molecule has 0 spiro atoms. The third-order valence-corrected chi connectivity index (χ3v) is 5.25. The summed E-state index contributed by atoms with van der Waals surface area (Å²) in [6.07, 6.45) is 2.48. The van der Waals surface area contributed by atoms with Crippen LogP contribution in [0.4, 0.5) is 5.82 Å². The molecule has 1 aliphatic heterocycles. The summed E-state index contributed by atoms with van der Waals surface area (Å²) in [4.78, 5) is 23.6. The number of para-hydroxylation sites is 1. The fourth-order valence-electron chi connectivity index (χ4n) is 2.91. The Hall–Kier alpha value is -1.86. The van der Waals surface area contributed by atoms with Crippen molar-refractivity contribution in [2.75, 3.05) is 30.8 Å². The Kier molecular flexibility index (Phi) is 4.76. The van der Waals surface area contributed by atoms with E-state index in [1.54, 1.807) is 0 Å². The molecule has 4 rings (SSSR count). The van der Waals surface area contributed by atoms with Crippen molar-refractivity contribution in [3.05, 3.63) is 24.3 Å². The fourth-order valence-corrected chi connectivity index (χ4v) is 3.67. The average Bonchev–Trinajstić information content (AvgIpc) is 3.44. The Morgan fingerprint density at radius 1 is 1.36 bits per heavy atom. The van der Waals surface area contributed by atoms with Crippen LogP contribution in [0, 0.1) is 0 Å². The molecule has 132 valence electrons. The number of carbonyl (C=O) groups is 1. The van der Waals surface area contributed by atoms with Crippen LogP contribution in [0.5, 0.6) is 0 Å². The molecule has 1 aliphatic carbocycles. The summed E-state index contributed by atoms with van der Waals surface area (Å²) in [6.45, 7) is 3.93. The van der Waals surface area contributed by atoms with Gasteiger partial charge in [0.1, 0.15) is 5.82 Å². The summed E-state index contributed by atoms with van der Waals surface area (Å²) < 4.78 is 5.49. The number of nitrogens with zero attached hydrogens (tertiary/aromatic N) is 3. The number of anilines is 1. The van der Waals surface area contributed by atoms with Gasteiger partial charge in [0, 0.05) is 24.5 Å². The Labute approximate surface area is 151 Å². The molecule has 2 aliphatic rings. The average molecular weight is 358 g/mol. The van der Waals surface area contributed by atoms with Gasteiger partial charge in [-0.1, -0.05) is 23.9 Å². The molecule has 1 unspecified atom stereocenters. The molecule has 1 N–H and O–H groups in total. The van der Waals surface area contributed by atoms with Gasteiger partial charge >= 0.3 is 0 Å². The predicted molar refractivity (Wildman–Crippen MR) is 98.9 cm³/mol. The first kappa shape index (κ1) is 16.6. The molecule has 1 aromatic heterocycles. The summed E-state index contributed by atoms with van der Waals surface area (Å²) in [5, 5.41) is 5.16. The maximum Gasteiger partial charge on any atom is 0.233 e. The molecular weight excluding hydrogens is 336 g/mol. The molecule has 2 aromatic rings. The van der Waals surface area contributed by atoms with Gasteiger partial charge < -0.3 is 15.0 Å². The van der Waals surface area contributed by atoms with E-state index in [-0.39, 0.29) is 12.0 Å². The number of hydrogen-bond acceptors (Lipinski definition) is 6. The van der Waals surface area contributed by atoms with Crippen molar-refractivity contribution in [1.29, 1.82) is 0 Å². The first-order valence-corrected chi connectivity index (χ1v) is 9.73. The van der Waals surface area contributed by atoms with E-state index in [2.05, 4.69) is 15.3 Å². The molecule has 0 bridgehead atoms. The van der Waals surface area contributed by atoms with E-state index in [0.717, 1.165) is 16.7 Å². The van der Waals surface area contributed by atoms with Crippen molar-refractivity contribution < 1.29 is 9.53 Å². The Bertz CT molecular complexity index is 781. The minimum Gasteiger partial charge on any atom is -0.375 e. The van der Waals surface area contributed by atoms with Crippen LogP contribution in [-0.2, 0) is 9.53 Å². The van der Waals surface area contributed by atoms with Gasteiger partial charge in [-0.15, -0.1) is 0 Å². The lowest BCUT2D eigenvalue weighted by Crippen LogP contribution is -2.45. The molecule has 2 heterocycles. The zero-order valence-corrected chi connectivity index (χ0v) is 15.1. The number of thioether (sulfide) groups is 1. The van der Waals surface area contributed by atoms with Gasteiger partial charge in [-0.05, 0) is 31.9 Å². The Morgan fingerprint density at radius 3 is 3.00 bits per heavy atom. The van der Waals surface area contributed by atoms with Gasteiger partial charge in [-0.25, -0.2) is 9.97 Å². The van der Waals surface area contributed by atoms with Crippen molar-refractivity contribution in [3.8, 4) is 0 Å². The number of fused-ring (bicyclic) bond motifs is 1. The van der Waals surface area contributed by atoms with Crippen LogP contribution in [0.25, 0.3) is 10.9 Å². The second-order valence-electron chi connectivity index (χ2n) is 6.60. The molecular formula is C18H22N4O2S. The van der Waals surface area contributed by atoms with Gasteiger partial charge in [0.15, 0.2) is 5.16 Å². The van der Waals surface area contributed by atoms with Gasteiger partial charge in [-0.3, -0.25) is 4.79 Å². The quantitative estimate of drug-likeness (QED) is 0.654. The molecule has 1 saturated heterocycles. The lowest BCUT2D eigenvalue weighted by atomic mass is 10.2. The highest BCUT2D eigenvalue weighted by Gasteiger charge is 2.24. The number of nitrogens with one attached hydrogen (secondary N) is 1. The normalized spacial score (nSPS) is 20.7. The second-order valence-corrected chi connectivity index (χ2v) is 7.54. The highest BCUT2D eigenvalue weighted by Crippen LogP contribution is 2.29. The summed E-state index contributed by atoms with van der Waals surface area (Å²) in [5.41, 5.74) is 0.913. The van der Waals surface area contributed by atoms with Crippen LogP contribution >= 0.6 is 11.8 Å². The first-order chi connectivity index (χ1) is 12.2. The summed E-state index contributed by atoms with van der Waals surface area (Å²) in [5.74, 6) is 1.35. The number of amides is 1. The second kappa shape index (κ2) is 7.17. The molecule has 6 nitrogen and oxygen atoms in total. The standard InChI is InChI=1S/C18H22N4O2S/c1-12-10-22(8-9-24-12)16(23)11-25-18-20-15-5-3-2-4-14(15)17(21-18)19-13-6-7-13/h2-5,12-13H,6-11H2,1H3,(H,19,20,21). The van der Waals surface area contributed by atoms with Crippen molar-refractivity contribution in [3.63, 3.8) is 0 Å². The number of carbonyl (C=O) groups excluding carboxylic acids is 1. The largest absolute Gasteiger partial charge is 0.375 e. The smallest absolute Gasteiger partial charge is 0.233 e. The number of hydrogen-bond donors (Lipinski definition) is 1. The monoisotopic (exact) mass is 358 g/mol. The van der Waals surface area contributed by atoms with Crippen molar-refractivity contribution >= 4 is 34.4 Å². The molecule has 25 heavy (non-hydrogen) atoms. The van der Waals surface area contributed by atoms with E-state index < -0.39 is 0 Å². The summed E-state index contributed by atoms with van der Waals surface area (Å²) >= 11 is 1.41. The molecule has 1 saturated carbocycles. The number of benzene rings is 1. The number of rotatable bonds is 5. The van der Waals surface area contributed by atoms with E-state index >= 15 is 0 Å². The van der Waals surface area contributed by atoms with Crippen LogP contribution < -0.4 is 5.32 Å². The first-order valence-electron chi connectivity index (χ1n) is 8.74. The van der Waals surface area contributed by atoms with Crippen molar-refractivity contribution in [1.82, 2.24) is 14.9 Å². The Morgan fingerprint density at radius 2 is 2.20 bits per heavy atom. The van der Waals surface area contributed by atoms with Gasteiger partial charge in [-0.2, -0.15) is 0 Å². The van der Waals surface area contributed by atoms with Crippen LogP contribution in [-0.4, -0.2) is 58.4 Å². The van der Waals surface area contributed by atoms with E-state index in [9.17, 15) is 4.79 Å². The van der Waals surface area contributed by atoms with E-state index in [4.69, 9.17) is 4.74 Å². The van der Waals surface area contributed by atoms with E-state index in [1.807, 2.05) is 36.1 Å². The van der Waals surface area contributed by atoms with Crippen LogP contribution in [0.2, 0.25) is 0 Å². The van der Waals surface area contributed by atoms with Crippen LogP contribution in [0.1, 0.15) is 19.8 Å². The van der Waals surface area contributed by atoms with Gasteiger partial charge in [0.05, 0.1) is 24.0 Å². The highest BCUT2D eigenvalue weighted by atomic mass is 32.2. The molecule has 0 radical (unpaired) electrons. The van der Waals surface area contributed by atoms with Gasteiger partial charge in [0.2, 0.25) is 5.91 Å². The van der Waals surface area contributed by atoms with Crippen LogP contribution in [0.3, 0.4) is 0 Å². The Balaban J connectivity index is 1.48. The third-order valence-electron chi connectivity index (χ3n) is 4.42. The van der Waals surface area contributed by atoms with Crippen molar-refractivity contribution in [2.24, 2.45) is 0 Å².